The third-order valence-corrected chi connectivity index (χ3v) is 4.10. The van der Waals surface area contributed by atoms with E-state index >= 15 is 0 Å². The smallest absolute Gasteiger partial charge is 0.310 e. The number of aryl methyl sites for hydroxylation is 2. The third-order valence-electron chi connectivity index (χ3n) is 4.10. The minimum Gasteiger partial charge on any atom is -0.497 e. The second kappa shape index (κ2) is 7.87. The molecule has 5 nitrogen and oxygen atoms in total. The molecule has 0 radical (unpaired) electrons. The SMILES string of the molecule is COc1ccc(CC(=O)OCc2ccc(-n3nc(C)cc3C)cc2)cc1. The van der Waals surface area contributed by atoms with Crippen LogP contribution in [0.25, 0.3) is 5.69 Å². The van der Waals surface area contributed by atoms with Crippen molar-refractivity contribution in [2.75, 3.05) is 7.11 Å². The van der Waals surface area contributed by atoms with E-state index in [1.165, 1.54) is 0 Å². The molecule has 0 N–H and O–H groups in total. The van der Waals surface area contributed by atoms with Gasteiger partial charge >= 0.3 is 5.97 Å². The van der Waals surface area contributed by atoms with Crippen LogP contribution in [0.1, 0.15) is 22.5 Å². The first-order chi connectivity index (χ1) is 12.5. The molecule has 0 saturated heterocycles. The lowest BCUT2D eigenvalue weighted by Gasteiger charge is -2.08. The Balaban J connectivity index is 1.55. The van der Waals surface area contributed by atoms with Gasteiger partial charge in [-0.1, -0.05) is 24.3 Å². The van der Waals surface area contributed by atoms with Crippen LogP contribution >= 0.6 is 0 Å². The van der Waals surface area contributed by atoms with Gasteiger partial charge in [-0.2, -0.15) is 5.10 Å². The van der Waals surface area contributed by atoms with Gasteiger partial charge in [0.15, 0.2) is 0 Å². The summed E-state index contributed by atoms with van der Waals surface area (Å²) in [5.41, 5.74) is 4.90. The van der Waals surface area contributed by atoms with Crippen molar-refractivity contribution in [3.63, 3.8) is 0 Å². The van der Waals surface area contributed by atoms with Crippen LogP contribution in [-0.4, -0.2) is 22.9 Å². The van der Waals surface area contributed by atoms with Crippen LogP contribution in [0.4, 0.5) is 0 Å². The molecule has 5 heteroatoms. The second-order valence-electron chi connectivity index (χ2n) is 6.19. The highest BCUT2D eigenvalue weighted by Crippen LogP contribution is 2.15. The van der Waals surface area contributed by atoms with E-state index < -0.39 is 0 Å². The lowest BCUT2D eigenvalue weighted by molar-refractivity contribution is -0.144. The molecule has 0 aliphatic rings. The van der Waals surface area contributed by atoms with Crippen molar-refractivity contribution < 1.29 is 14.3 Å². The minimum absolute atomic E-state index is 0.244. The summed E-state index contributed by atoms with van der Waals surface area (Å²) >= 11 is 0. The van der Waals surface area contributed by atoms with Crippen LogP contribution in [0.2, 0.25) is 0 Å². The molecule has 0 saturated carbocycles. The zero-order chi connectivity index (χ0) is 18.5. The Morgan fingerprint density at radius 1 is 1.00 bits per heavy atom. The summed E-state index contributed by atoms with van der Waals surface area (Å²) in [6.45, 7) is 4.25. The fourth-order valence-corrected chi connectivity index (χ4v) is 2.75. The molecule has 0 aliphatic heterocycles. The van der Waals surface area contributed by atoms with Crippen LogP contribution in [-0.2, 0) is 22.6 Å². The maximum absolute atomic E-state index is 12.0. The highest BCUT2D eigenvalue weighted by Gasteiger charge is 2.07. The first kappa shape index (κ1) is 17.7. The number of hydrogen-bond donors (Lipinski definition) is 0. The monoisotopic (exact) mass is 350 g/mol. The van der Waals surface area contributed by atoms with Gasteiger partial charge in [0.2, 0.25) is 0 Å². The van der Waals surface area contributed by atoms with Crippen molar-refractivity contribution >= 4 is 5.97 Å². The van der Waals surface area contributed by atoms with Crippen molar-refractivity contribution in [2.24, 2.45) is 0 Å². The number of rotatable bonds is 6. The van der Waals surface area contributed by atoms with E-state index in [1.54, 1.807) is 7.11 Å². The summed E-state index contributed by atoms with van der Waals surface area (Å²) in [4.78, 5) is 12.0. The molecule has 0 amide bonds. The van der Waals surface area contributed by atoms with Crippen molar-refractivity contribution in [3.8, 4) is 11.4 Å². The molecule has 1 aromatic heterocycles. The molecule has 0 aliphatic carbocycles. The minimum atomic E-state index is -0.252. The largest absolute Gasteiger partial charge is 0.497 e. The Hall–Kier alpha value is -3.08. The lowest BCUT2D eigenvalue weighted by atomic mass is 10.1. The van der Waals surface area contributed by atoms with Gasteiger partial charge in [-0.25, -0.2) is 4.68 Å². The predicted octanol–water partition coefficient (Wildman–Crippen LogP) is 3.78. The van der Waals surface area contributed by atoms with Gasteiger partial charge in [-0.05, 0) is 55.3 Å². The summed E-state index contributed by atoms with van der Waals surface area (Å²) in [6, 6.07) is 17.3. The van der Waals surface area contributed by atoms with Gasteiger partial charge in [-0.3, -0.25) is 4.79 Å². The van der Waals surface area contributed by atoms with Crippen LogP contribution in [0.15, 0.2) is 54.6 Å². The number of methoxy groups -OCH3 is 1. The molecule has 2 aromatic carbocycles. The van der Waals surface area contributed by atoms with Crippen LogP contribution in [0.3, 0.4) is 0 Å². The molecule has 134 valence electrons. The van der Waals surface area contributed by atoms with E-state index in [2.05, 4.69) is 5.10 Å². The molecule has 3 rings (SSSR count). The number of ether oxygens (including phenoxy) is 2. The molecular formula is C21H22N2O3. The van der Waals surface area contributed by atoms with Crippen LogP contribution < -0.4 is 4.74 Å². The highest BCUT2D eigenvalue weighted by atomic mass is 16.5. The maximum atomic E-state index is 12.0. The second-order valence-corrected chi connectivity index (χ2v) is 6.19. The number of hydrogen-bond acceptors (Lipinski definition) is 4. The standard InChI is InChI=1S/C21H22N2O3/c1-15-12-16(2)23(22-15)19-8-4-18(5-9-19)14-26-21(24)13-17-6-10-20(25-3)11-7-17/h4-12H,13-14H2,1-3H3. The molecule has 1 heterocycles. The average Bonchev–Trinajstić information content (AvgIpc) is 2.99. The normalized spacial score (nSPS) is 10.6. The Morgan fingerprint density at radius 2 is 1.65 bits per heavy atom. The third kappa shape index (κ3) is 4.30. The molecule has 0 bridgehead atoms. The van der Waals surface area contributed by atoms with Crippen LogP contribution in [0.5, 0.6) is 5.75 Å². The van der Waals surface area contributed by atoms with Crippen molar-refractivity contribution in [3.05, 3.63) is 77.1 Å². The summed E-state index contributed by atoms with van der Waals surface area (Å²) in [7, 11) is 1.61. The quantitative estimate of drug-likeness (QED) is 0.635. The van der Waals surface area contributed by atoms with Gasteiger partial charge in [-0.15, -0.1) is 0 Å². The predicted molar refractivity (Wildman–Crippen MR) is 99.5 cm³/mol. The zero-order valence-corrected chi connectivity index (χ0v) is 15.2. The molecule has 0 fully saturated rings. The maximum Gasteiger partial charge on any atom is 0.310 e. The number of carbonyl (C=O) groups is 1. The molecular weight excluding hydrogens is 328 g/mol. The molecule has 0 spiro atoms. The van der Waals surface area contributed by atoms with Crippen molar-refractivity contribution in [1.82, 2.24) is 9.78 Å². The summed E-state index contributed by atoms with van der Waals surface area (Å²) < 4.78 is 12.4. The number of carbonyl (C=O) groups excluding carboxylic acids is 1. The Morgan fingerprint density at radius 3 is 2.23 bits per heavy atom. The number of esters is 1. The highest BCUT2D eigenvalue weighted by molar-refractivity contribution is 5.72. The lowest BCUT2D eigenvalue weighted by Crippen LogP contribution is -2.08. The molecule has 3 aromatic rings. The van der Waals surface area contributed by atoms with Gasteiger partial charge in [0.25, 0.3) is 0 Å². The van der Waals surface area contributed by atoms with Gasteiger partial charge < -0.3 is 9.47 Å². The number of benzene rings is 2. The van der Waals surface area contributed by atoms with Crippen molar-refractivity contribution in [1.29, 1.82) is 0 Å². The van der Waals surface area contributed by atoms with E-state index in [-0.39, 0.29) is 19.0 Å². The fourth-order valence-electron chi connectivity index (χ4n) is 2.75. The summed E-state index contributed by atoms with van der Waals surface area (Å²) in [6.07, 6.45) is 0.244. The first-order valence-electron chi connectivity index (χ1n) is 8.46. The fraction of sp³-hybridized carbons (Fsp3) is 0.238. The Labute approximate surface area is 153 Å². The van der Waals surface area contributed by atoms with Gasteiger partial charge in [0.05, 0.1) is 24.9 Å². The Bertz CT molecular complexity index is 881. The van der Waals surface area contributed by atoms with E-state index in [0.717, 1.165) is 34.0 Å². The molecule has 0 unspecified atom stereocenters. The first-order valence-corrected chi connectivity index (χ1v) is 8.46. The van der Waals surface area contributed by atoms with Crippen LogP contribution in [0, 0.1) is 13.8 Å². The molecule has 26 heavy (non-hydrogen) atoms. The van der Waals surface area contributed by atoms with E-state index in [1.807, 2.05) is 73.1 Å². The number of aromatic nitrogens is 2. The summed E-state index contributed by atoms with van der Waals surface area (Å²) in [5, 5.41) is 4.47. The van der Waals surface area contributed by atoms with Crippen molar-refractivity contribution in [2.45, 2.75) is 26.9 Å². The van der Waals surface area contributed by atoms with E-state index in [0.29, 0.717) is 0 Å². The topological polar surface area (TPSA) is 53.4 Å². The summed E-state index contributed by atoms with van der Waals surface area (Å²) in [5.74, 6) is 0.516. The van der Waals surface area contributed by atoms with Gasteiger partial charge in [0.1, 0.15) is 12.4 Å². The zero-order valence-electron chi connectivity index (χ0n) is 15.2. The average molecular weight is 350 g/mol. The van der Waals surface area contributed by atoms with E-state index in [4.69, 9.17) is 9.47 Å². The van der Waals surface area contributed by atoms with Gasteiger partial charge in [0, 0.05) is 5.69 Å². The Kier molecular flexibility index (Phi) is 5.37. The number of nitrogens with zero attached hydrogens (tertiary/aromatic N) is 2. The van der Waals surface area contributed by atoms with E-state index in [9.17, 15) is 4.79 Å². The molecule has 0 atom stereocenters.